The van der Waals surface area contributed by atoms with Crippen LogP contribution in [0.1, 0.15) is 25.7 Å². The highest BCUT2D eigenvalue weighted by atomic mass is 16.5. The van der Waals surface area contributed by atoms with E-state index in [2.05, 4.69) is 0 Å². The second-order valence-corrected chi connectivity index (χ2v) is 6.31. The Labute approximate surface area is 136 Å². The van der Waals surface area contributed by atoms with Gasteiger partial charge in [-0.05, 0) is 37.9 Å². The minimum absolute atomic E-state index is 0.101. The third-order valence-corrected chi connectivity index (χ3v) is 4.92. The number of hydrogen-bond acceptors (Lipinski definition) is 4. The standard InChI is InChI=1S/C17H23N3O3/c1-19-13-6-5-12(23-10-4-9-18)11-14(13)20(2)16(22)17(15(19)21)7-3-8-17/h5-6,11H,3-4,7-10,18H2,1-2H3. The minimum atomic E-state index is -0.872. The van der Waals surface area contributed by atoms with E-state index in [-0.39, 0.29) is 11.8 Å². The number of fused-ring (bicyclic) bond motifs is 1. The van der Waals surface area contributed by atoms with Crippen LogP contribution in [0.15, 0.2) is 18.2 Å². The lowest BCUT2D eigenvalue weighted by Crippen LogP contribution is -2.54. The van der Waals surface area contributed by atoms with Crippen molar-refractivity contribution >= 4 is 23.2 Å². The number of carbonyl (C=O) groups is 2. The van der Waals surface area contributed by atoms with Crippen LogP contribution in [0, 0.1) is 5.41 Å². The van der Waals surface area contributed by atoms with E-state index in [0.717, 1.165) is 18.5 Å². The van der Waals surface area contributed by atoms with Gasteiger partial charge in [-0.3, -0.25) is 9.59 Å². The van der Waals surface area contributed by atoms with Crippen molar-refractivity contribution in [3.63, 3.8) is 0 Å². The van der Waals surface area contributed by atoms with Gasteiger partial charge in [0.2, 0.25) is 11.8 Å². The molecule has 124 valence electrons. The fourth-order valence-electron chi connectivity index (χ4n) is 3.33. The van der Waals surface area contributed by atoms with E-state index in [1.165, 1.54) is 0 Å². The molecule has 0 radical (unpaired) electrons. The molecule has 23 heavy (non-hydrogen) atoms. The third kappa shape index (κ3) is 2.37. The fraction of sp³-hybridized carbons (Fsp3) is 0.529. The average Bonchev–Trinajstić information content (AvgIpc) is 2.57. The lowest BCUT2D eigenvalue weighted by Gasteiger charge is -2.40. The second kappa shape index (κ2) is 5.85. The molecule has 1 aromatic carbocycles. The molecule has 1 spiro atoms. The molecule has 0 saturated heterocycles. The molecule has 1 heterocycles. The van der Waals surface area contributed by atoms with E-state index in [4.69, 9.17) is 10.5 Å². The summed E-state index contributed by atoms with van der Waals surface area (Å²) >= 11 is 0. The van der Waals surface area contributed by atoms with Gasteiger partial charge in [0.15, 0.2) is 0 Å². The first-order valence-corrected chi connectivity index (χ1v) is 8.04. The number of amides is 2. The van der Waals surface area contributed by atoms with Gasteiger partial charge in [-0.25, -0.2) is 0 Å². The van der Waals surface area contributed by atoms with E-state index in [9.17, 15) is 9.59 Å². The van der Waals surface area contributed by atoms with Crippen molar-refractivity contribution in [1.29, 1.82) is 0 Å². The molecule has 1 aliphatic carbocycles. The molecule has 1 saturated carbocycles. The molecule has 0 aromatic heterocycles. The molecule has 0 atom stereocenters. The topological polar surface area (TPSA) is 75.9 Å². The molecular formula is C17H23N3O3. The Bertz CT molecular complexity index is 640. The molecule has 6 heteroatoms. The van der Waals surface area contributed by atoms with Gasteiger partial charge >= 0.3 is 0 Å². The zero-order valence-electron chi connectivity index (χ0n) is 13.7. The molecule has 6 nitrogen and oxygen atoms in total. The number of benzene rings is 1. The fourth-order valence-corrected chi connectivity index (χ4v) is 3.33. The van der Waals surface area contributed by atoms with Crippen molar-refractivity contribution in [3.8, 4) is 5.75 Å². The Hall–Kier alpha value is -2.08. The van der Waals surface area contributed by atoms with Crippen molar-refractivity contribution < 1.29 is 14.3 Å². The summed E-state index contributed by atoms with van der Waals surface area (Å²) in [6.45, 7) is 1.11. The number of nitrogens with zero attached hydrogens (tertiary/aromatic N) is 2. The van der Waals surface area contributed by atoms with Crippen LogP contribution in [-0.4, -0.2) is 39.1 Å². The third-order valence-electron chi connectivity index (χ3n) is 4.92. The quantitative estimate of drug-likeness (QED) is 0.675. The van der Waals surface area contributed by atoms with E-state index >= 15 is 0 Å². The van der Waals surface area contributed by atoms with Crippen LogP contribution >= 0.6 is 0 Å². The Morgan fingerprint density at radius 1 is 1.13 bits per heavy atom. The first-order valence-electron chi connectivity index (χ1n) is 8.04. The Morgan fingerprint density at radius 3 is 2.35 bits per heavy atom. The number of rotatable bonds is 4. The Kier molecular flexibility index (Phi) is 4.02. The lowest BCUT2D eigenvalue weighted by atomic mass is 9.67. The highest BCUT2D eigenvalue weighted by Gasteiger charge is 2.55. The number of anilines is 2. The van der Waals surface area contributed by atoms with Crippen LogP contribution in [0.2, 0.25) is 0 Å². The molecule has 0 bridgehead atoms. The maximum atomic E-state index is 12.9. The summed E-state index contributed by atoms with van der Waals surface area (Å²) in [7, 11) is 3.47. The molecule has 1 aromatic rings. The van der Waals surface area contributed by atoms with Crippen LogP contribution in [0.4, 0.5) is 11.4 Å². The monoisotopic (exact) mass is 317 g/mol. The van der Waals surface area contributed by atoms with Gasteiger partial charge in [-0.1, -0.05) is 6.42 Å². The summed E-state index contributed by atoms with van der Waals surface area (Å²) in [6.07, 6.45) is 2.96. The first kappa shape index (κ1) is 15.8. The lowest BCUT2D eigenvalue weighted by molar-refractivity contribution is -0.145. The zero-order valence-corrected chi connectivity index (χ0v) is 13.7. The van der Waals surface area contributed by atoms with Crippen LogP contribution in [0.5, 0.6) is 5.75 Å². The molecule has 1 fully saturated rings. The summed E-state index contributed by atoms with van der Waals surface area (Å²) in [6, 6.07) is 5.49. The maximum Gasteiger partial charge on any atom is 0.242 e. The molecule has 0 unspecified atom stereocenters. The van der Waals surface area contributed by atoms with Crippen LogP contribution < -0.4 is 20.3 Å². The van der Waals surface area contributed by atoms with Gasteiger partial charge in [-0.2, -0.15) is 0 Å². The first-order chi connectivity index (χ1) is 11.0. The number of ether oxygens (including phenoxy) is 1. The summed E-state index contributed by atoms with van der Waals surface area (Å²) in [4.78, 5) is 28.9. The van der Waals surface area contributed by atoms with E-state index in [1.54, 1.807) is 23.9 Å². The summed E-state index contributed by atoms with van der Waals surface area (Å²) in [5.74, 6) is 0.469. The molecule has 2 N–H and O–H groups in total. The van der Waals surface area contributed by atoms with E-state index < -0.39 is 5.41 Å². The Balaban J connectivity index is 1.97. The zero-order chi connectivity index (χ0) is 16.6. The maximum absolute atomic E-state index is 12.9. The number of hydrogen-bond donors (Lipinski definition) is 1. The number of carbonyl (C=O) groups excluding carboxylic acids is 2. The second-order valence-electron chi connectivity index (χ2n) is 6.31. The van der Waals surface area contributed by atoms with Crippen LogP contribution in [0.25, 0.3) is 0 Å². The largest absolute Gasteiger partial charge is 0.493 e. The summed E-state index contributed by atoms with van der Waals surface area (Å²) in [5, 5.41) is 0. The van der Waals surface area contributed by atoms with Gasteiger partial charge in [0.25, 0.3) is 0 Å². The van der Waals surface area contributed by atoms with Gasteiger partial charge < -0.3 is 20.3 Å². The van der Waals surface area contributed by atoms with Gasteiger partial charge in [0, 0.05) is 20.2 Å². The van der Waals surface area contributed by atoms with Crippen LogP contribution in [-0.2, 0) is 9.59 Å². The van der Waals surface area contributed by atoms with Crippen LogP contribution in [0.3, 0.4) is 0 Å². The molecule has 2 amide bonds. The van der Waals surface area contributed by atoms with E-state index in [0.29, 0.717) is 37.4 Å². The highest BCUT2D eigenvalue weighted by Crippen LogP contribution is 2.49. The van der Waals surface area contributed by atoms with Crippen molar-refractivity contribution in [2.24, 2.45) is 11.1 Å². The number of nitrogens with two attached hydrogens (primary N) is 1. The van der Waals surface area contributed by atoms with Crippen molar-refractivity contribution in [2.75, 3.05) is 37.0 Å². The van der Waals surface area contributed by atoms with Gasteiger partial charge in [0.1, 0.15) is 11.2 Å². The van der Waals surface area contributed by atoms with Gasteiger partial charge in [-0.15, -0.1) is 0 Å². The van der Waals surface area contributed by atoms with E-state index in [1.807, 2.05) is 18.2 Å². The molecular weight excluding hydrogens is 294 g/mol. The molecule has 3 rings (SSSR count). The molecule has 2 aliphatic rings. The predicted octanol–water partition coefficient (Wildman–Crippen LogP) is 1.52. The van der Waals surface area contributed by atoms with Crippen molar-refractivity contribution in [3.05, 3.63) is 18.2 Å². The predicted molar refractivity (Wildman–Crippen MR) is 88.7 cm³/mol. The Morgan fingerprint density at radius 2 is 1.78 bits per heavy atom. The van der Waals surface area contributed by atoms with Crippen molar-refractivity contribution in [2.45, 2.75) is 25.7 Å². The highest BCUT2D eigenvalue weighted by molar-refractivity contribution is 6.20. The normalized spacial score (nSPS) is 19.4. The summed E-state index contributed by atoms with van der Waals surface area (Å²) < 4.78 is 5.67. The van der Waals surface area contributed by atoms with Crippen molar-refractivity contribution in [1.82, 2.24) is 0 Å². The van der Waals surface area contributed by atoms with Gasteiger partial charge in [0.05, 0.1) is 18.0 Å². The summed E-state index contributed by atoms with van der Waals surface area (Å²) in [5.41, 5.74) is 6.05. The molecule has 1 aliphatic heterocycles. The SMILES string of the molecule is CN1C(=O)C2(CCC2)C(=O)N(C)c2cc(OCCCN)ccc21. The minimum Gasteiger partial charge on any atom is -0.493 e. The average molecular weight is 317 g/mol. The smallest absolute Gasteiger partial charge is 0.242 e.